The summed E-state index contributed by atoms with van der Waals surface area (Å²) in [4.78, 5) is 18.0. The maximum absolute atomic E-state index is 11.1. The average Bonchev–Trinajstić information content (AvgIpc) is 2.69. The Hall–Kier alpha value is -0.290. The highest BCUT2D eigenvalue weighted by Crippen LogP contribution is 2.37. The molecule has 15 heteroatoms. The highest BCUT2D eigenvalue weighted by molar-refractivity contribution is 7.51. The van der Waals surface area contributed by atoms with Crippen LogP contribution in [0.1, 0.15) is 6.42 Å². The van der Waals surface area contributed by atoms with E-state index in [1.165, 1.54) is 0 Å². The molecule has 10 unspecified atom stereocenters. The predicted molar refractivity (Wildman–Crippen MR) is 95.8 cm³/mol. The van der Waals surface area contributed by atoms with Gasteiger partial charge in [-0.15, -0.1) is 0 Å². The first-order chi connectivity index (χ1) is 14.0. The summed E-state index contributed by atoms with van der Waals surface area (Å²) in [6, 6.07) is 0. The number of aliphatic hydroxyl groups excluding tert-OH is 6. The van der Waals surface area contributed by atoms with Crippen molar-refractivity contribution in [3.8, 4) is 0 Å². The van der Waals surface area contributed by atoms with Crippen molar-refractivity contribution in [2.75, 3.05) is 25.9 Å². The molecule has 2 heterocycles. The van der Waals surface area contributed by atoms with Crippen molar-refractivity contribution >= 4 is 7.60 Å². The van der Waals surface area contributed by atoms with Gasteiger partial charge in [0.25, 0.3) is 0 Å². The third-order valence-corrected chi connectivity index (χ3v) is 5.73. The minimum atomic E-state index is -4.42. The van der Waals surface area contributed by atoms with Crippen LogP contribution in [0.4, 0.5) is 0 Å². The van der Waals surface area contributed by atoms with Gasteiger partial charge in [0.15, 0.2) is 12.6 Å². The summed E-state index contributed by atoms with van der Waals surface area (Å²) in [5.41, 5.74) is 5.37. The van der Waals surface area contributed by atoms with E-state index in [1.807, 2.05) is 0 Å². The van der Waals surface area contributed by atoms with Crippen molar-refractivity contribution < 1.29 is 63.9 Å². The quantitative estimate of drug-likeness (QED) is 0.146. The fourth-order valence-electron chi connectivity index (χ4n) is 3.24. The third-order valence-electron chi connectivity index (χ3n) is 4.89. The lowest BCUT2D eigenvalue weighted by Crippen LogP contribution is -2.64. The van der Waals surface area contributed by atoms with Crippen molar-refractivity contribution in [2.45, 2.75) is 67.8 Å². The lowest BCUT2D eigenvalue weighted by Gasteiger charge is -2.46. The Morgan fingerprint density at radius 1 is 0.867 bits per heavy atom. The van der Waals surface area contributed by atoms with Crippen molar-refractivity contribution in [1.82, 2.24) is 0 Å². The van der Waals surface area contributed by atoms with Crippen LogP contribution < -0.4 is 5.73 Å². The molecule has 2 fully saturated rings. The Balaban J connectivity index is 2.15. The molecule has 2 aliphatic rings. The number of hydrogen-bond acceptors (Lipinski definition) is 12. The number of nitrogens with two attached hydrogens (primary N) is 1. The molecule has 0 amide bonds. The van der Waals surface area contributed by atoms with Crippen molar-refractivity contribution in [2.24, 2.45) is 5.73 Å². The summed E-state index contributed by atoms with van der Waals surface area (Å²) in [5, 5.41) is 60.1. The lowest BCUT2D eigenvalue weighted by atomic mass is 9.96. The van der Waals surface area contributed by atoms with E-state index in [9.17, 15) is 35.2 Å². The topological polar surface area (TPSA) is 242 Å². The van der Waals surface area contributed by atoms with Crippen LogP contribution in [0.5, 0.6) is 0 Å². The summed E-state index contributed by atoms with van der Waals surface area (Å²) in [6.07, 6.45) is -16.5. The minimum Gasteiger partial charge on any atom is -0.394 e. The van der Waals surface area contributed by atoms with Crippen LogP contribution in [-0.2, 0) is 23.5 Å². The second-order valence-corrected chi connectivity index (χ2v) is 8.94. The maximum atomic E-state index is 11.1. The van der Waals surface area contributed by atoms with E-state index in [0.717, 1.165) is 0 Å². The Labute approximate surface area is 171 Å². The van der Waals surface area contributed by atoms with Crippen LogP contribution in [0.2, 0.25) is 0 Å². The van der Waals surface area contributed by atoms with Gasteiger partial charge in [-0.3, -0.25) is 4.57 Å². The molecule has 10 N–H and O–H groups in total. The smallest absolute Gasteiger partial charge is 0.325 e. The van der Waals surface area contributed by atoms with Crippen molar-refractivity contribution in [3.63, 3.8) is 0 Å². The second-order valence-electron chi connectivity index (χ2n) is 7.16. The lowest BCUT2D eigenvalue weighted by molar-refractivity contribution is -0.365. The van der Waals surface area contributed by atoms with E-state index in [-0.39, 0.29) is 19.6 Å². The first-order valence-electron chi connectivity index (χ1n) is 9.34. The molecular weight excluding hydrogens is 433 g/mol. The Bertz CT molecular complexity index is 579. The number of ether oxygens (including phenoxy) is 4. The van der Waals surface area contributed by atoms with Crippen LogP contribution in [0.15, 0.2) is 0 Å². The molecule has 30 heavy (non-hydrogen) atoms. The van der Waals surface area contributed by atoms with Crippen molar-refractivity contribution in [1.29, 1.82) is 0 Å². The first-order valence-corrected chi connectivity index (χ1v) is 11.1. The van der Waals surface area contributed by atoms with Crippen molar-refractivity contribution in [3.05, 3.63) is 0 Å². The molecular formula is C15H30NO13P. The Morgan fingerprint density at radius 2 is 1.47 bits per heavy atom. The molecule has 0 aromatic carbocycles. The molecule has 14 nitrogen and oxygen atoms in total. The van der Waals surface area contributed by atoms with E-state index in [4.69, 9.17) is 34.5 Å². The second kappa shape index (κ2) is 11.0. The Morgan fingerprint density at radius 3 is 2.03 bits per heavy atom. The van der Waals surface area contributed by atoms with E-state index >= 15 is 0 Å². The summed E-state index contributed by atoms with van der Waals surface area (Å²) >= 11 is 0. The standard InChI is InChI=1S/C15H30NO13P/c16-2-3-26-15-13(11(21)9(19)7(5-17)28-15)29-14-12(22)10(20)8(18)6(27-14)1-4-30(23,24)25/h6-15,17-22H,1-5,16H2,(H2,23,24,25). The van der Waals surface area contributed by atoms with E-state index < -0.39 is 81.8 Å². The fourth-order valence-corrected chi connectivity index (χ4v) is 3.83. The third kappa shape index (κ3) is 6.37. The molecule has 2 rings (SSSR count). The number of hydrogen-bond donors (Lipinski definition) is 9. The zero-order chi connectivity index (χ0) is 22.6. The fraction of sp³-hybridized carbons (Fsp3) is 1.00. The summed E-state index contributed by atoms with van der Waals surface area (Å²) in [5.74, 6) is 0. The van der Waals surface area contributed by atoms with Gasteiger partial charge in [-0.2, -0.15) is 0 Å². The van der Waals surface area contributed by atoms with Gasteiger partial charge < -0.3 is 65.1 Å². The molecule has 0 aliphatic carbocycles. The zero-order valence-corrected chi connectivity index (χ0v) is 16.8. The van der Waals surface area contributed by atoms with Crippen LogP contribution in [0.25, 0.3) is 0 Å². The molecule has 10 atom stereocenters. The maximum Gasteiger partial charge on any atom is 0.325 e. The van der Waals surface area contributed by atoms with Gasteiger partial charge in [-0.25, -0.2) is 0 Å². The minimum absolute atomic E-state index is 0.0359. The largest absolute Gasteiger partial charge is 0.394 e. The number of rotatable bonds is 9. The highest BCUT2D eigenvalue weighted by atomic mass is 31.2. The van der Waals surface area contributed by atoms with Gasteiger partial charge in [-0.05, 0) is 6.42 Å². The van der Waals surface area contributed by atoms with Crippen LogP contribution in [-0.4, -0.2) is 128 Å². The van der Waals surface area contributed by atoms with E-state index in [0.29, 0.717) is 0 Å². The van der Waals surface area contributed by atoms with Gasteiger partial charge in [0.1, 0.15) is 42.7 Å². The van der Waals surface area contributed by atoms with Crippen LogP contribution >= 0.6 is 7.60 Å². The summed E-state index contributed by atoms with van der Waals surface area (Å²) in [7, 11) is -4.42. The van der Waals surface area contributed by atoms with Gasteiger partial charge in [0.2, 0.25) is 0 Å². The van der Waals surface area contributed by atoms with Gasteiger partial charge in [0.05, 0.1) is 25.5 Å². The summed E-state index contributed by atoms with van der Waals surface area (Å²) < 4.78 is 32.6. The molecule has 0 saturated carbocycles. The molecule has 2 aliphatic heterocycles. The molecule has 0 bridgehead atoms. The molecule has 0 aromatic heterocycles. The van der Waals surface area contributed by atoms with E-state index in [2.05, 4.69) is 0 Å². The normalized spacial score (nSPS) is 43.0. The van der Waals surface area contributed by atoms with E-state index in [1.54, 1.807) is 0 Å². The molecule has 0 spiro atoms. The highest BCUT2D eigenvalue weighted by Gasteiger charge is 2.51. The summed E-state index contributed by atoms with van der Waals surface area (Å²) in [6.45, 7) is -0.593. The zero-order valence-electron chi connectivity index (χ0n) is 16.0. The predicted octanol–water partition coefficient (Wildman–Crippen LogP) is -4.84. The molecule has 2 saturated heterocycles. The average molecular weight is 463 g/mol. The number of aliphatic hydroxyl groups is 6. The van der Waals surface area contributed by atoms with Gasteiger partial charge in [-0.1, -0.05) is 0 Å². The van der Waals surface area contributed by atoms with Crippen LogP contribution in [0, 0.1) is 0 Å². The van der Waals surface area contributed by atoms with Crippen LogP contribution in [0.3, 0.4) is 0 Å². The SMILES string of the molecule is NCCOC1OC(CO)C(O)C(O)C1OC1OC(CCP(=O)(O)O)C(O)C(O)C1O. The molecule has 178 valence electrons. The van der Waals surface area contributed by atoms with Gasteiger partial charge >= 0.3 is 7.60 Å². The molecule has 0 aromatic rings. The molecule has 0 radical (unpaired) electrons. The van der Waals surface area contributed by atoms with Gasteiger partial charge in [0, 0.05) is 6.54 Å². The monoisotopic (exact) mass is 463 g/mol. The Kier molecular flexibility index (Phi) is 9.55. The first kappa shape index (κ1) is 26.0.